The van der Waals surface area contributed by atoms with E-state index in [2.05, 4.69) is 15.4 Å². The van der Waals surface area contributed by atoms with Gasteiger partial charge in [-0.3, -0.25) is 9.59 Å². The van der Waals surface area contributed by atoms with Crippen LogP contribution in [0.3, 0.4) is 0 Å². The molecule has 8 heteroatoms. The van der Waals surface area contributed by atoms with Crippen LogP contribution in [0.25, 0.3) is 16.9 Å². The number of rotatable bonds is 4. The summed E-state index contributed by atoms with van der Waals surface area (Å²) in [7, 11) is 0. The lowest BCUT2D eigenvalue weighted by Crippen LogP contribution is -2.14. The Morgan fingerprint density at radius 2 is 1.91 bits per heavy atom. The van der Waals surface area contributed by atoms with Crippen LogP contribution in [0.5, 0.6) is 0 Å². The Hall–Kier alpha value is -3.84. The number of halogens is 2. The van der Waals surface area contributed by atoms with Crippen molar-refractivity contribution in [3.05, 3.63) is 93.6 Å². The number of pyridine rings is 1. The third-order valence-electron chi connectivity index (χ3n) is 5.70. The van der Waals surface area contributed by atoms with Crippen molar-refractivity contribution in [3.8, 4) is 16.9 Å². The minimum atomic E-state index is -0.371. The van der Waals surface area contributed by atoms with Crippen LogP contribution in [0.2, 0.25) is 5.15 Å². The zero-order chi connectivity index (χ0) is 23.1. The molecule has 2 heterocycles. The highest BCUT2D eigenvalue weighted by atomic mass is 35.5. The van der Waals surface area contributed by atoms with E-state index in [1.54, 1.807) is 35.9 Å². The van der Waals surface area contributed by atoms with Gasteiger partial charge in [0.25, 0.3) is 5.91 Å². The van der Waals surface area contributed by atoms with Gasteiger partial charge in [0.15, 0.2) is 6.29 Å². The van der Waals surface area contributed by atoms with Gasteiger partial charge < -0.3 is 5.32 Å². The van der Waals surface area contributed by atoms with E-state index in [1.807, 2.05) is 18.2 Å². The number of fused-ring (bicyclic) bond motifs is 3. The molecule has 1 aliphatic rings. The molecule has 1 aliphatic carbocycles. The molecule has 0 atom stereocenters. The lowest BCUT2D eigenvalue weighted by Gasteiger charge is -2.20. The van der Waals surface area contributed by atoms with Crippen LogP contribution in [-0.4, -0.2) is 27.0 Å². The van der Waals surface area contributed by atoms with Crippen LogP contribution < -0.4 is 5.32 Å². The molecule has 0 saturated carbocycles. The molecule has 164 valence electrons. The first-order valence-corrected chi connectivity index (χ1v) is 10.7. The van der Waals surface area contributed by atoms with Crippen molar-refractivity contribution in [1.29, 1.82) is 0 Å². The topological polar surface area (TPSA) is 76.9 Å². The molecule has 6 nitrogen and oxygen atoms in total. The van der Waals surface area contributed by atoms with Crippen molar-refractivity contribution in [2.24, 2.45) is 0 Å². The quantitative estimate of drug-likeness (QED) is 0.335. The molecule has 33 heavy (non-hydrogen) atoms. The van der Waals surface area contributed by atoms with Crippen LogP contribution in [-0.2, 0) is 12.8 Å². The Kier molecular flexibility index (Phi) is 5.26. The molecule has 0 spiro atoms. The van der Waals surface area contributed by atoms with E-state index in [0.717, 1.165) is 40.8 Å². The average Bonchev–Trinajstić information content (AvgIpc) is 3.19. The molecule has 1 amide bonds. The third kappa shape index (κ3) is 3.81. The maximum absolute atomic E-state index is 13.5. The van der Waals surface area contributed by atoms with Gasteiger partial charge in [-0.05, 0) is 73.9 Å². The summed E-state index contributed by atoms with van der Waals surface area (Å²) in [6, 6.07) is 14.9. The number of aromatic nitrogens is 3. The van der Waals surface area contributed by atoms with E-state index in [4.69, 9.17) is 11.6 Å². The molecule has 0 saturated heterocycles. The first kappa shape index (κ1) is 21.0. The van der Waals surface area contributed by atoms with Crippen LogP contribution in [0, 0.1) is 12.7 Å². The van der Waals surface area contributed by atoms with Crippen molar-refractivity contribution < 1.29 is 14.0 Å². The molecule has 2 aromatic heterocycles. The summed E-state index contributed by atoms with van der Waals surface area (Å²) >= 11 is 6.15. The highest BCUT2D eigenvalue weighted by Gasteiger charge is 2.26. The van der Waals surface area contributed by atoms with E-state index in [0.29, 0.717) is 23.5 Å². The van der Waals surface area contributed by atoms with Gasteiger partial charge in [0, 0.05) is 22.5 Å². The Balaban J connectivity index is 1.57. The predicted molar refractivity (Wildman–Crippen MR) is 124 cm³/mol. The number of carbonyl (C=O) groups is 2. The van der Waals surface area contributed by atoms with Gasteiger partial charge >= 0.3 is 0 Å². The minimum Gasteiger partial charge on any atom is -0.322 e. The maximum atomic E-state index is 13.5. The summed E-state index contributed by atoms with van der Waals surface area (Å²) in [6.45, 7) is 1.80. The van der Waals surface area contributed by atoms with Gasteiger partial charge in [0.1, 0.15) is 16.7 Å². The fraction of sp³-hybridized carbons (Fsp3) is 0.120. The molecule has 5 rings (SSSR count). The molecular weight excluding hydrogens is 443 g/mol. The fourth-order valence-corrected chi connectivity index (χ4v) is 4.38. The standard InChI is InChI=1S/C25H18ClFN4O2/c1-14-2-10-20(24(26)28-14)25(33)29-17-7-3-15-4-11-19-22(13-32)30-31(23(19)21(15)12-17)18-8-5-16(27)6-9-18/h2-3,5-10,12-13H,4,11H2,1H3,(H,29,33). The molecule has 0 aliphatic heterocycles. The zero-order valence-electron chi connectivity index (χ0n) is 17.6. The van der Waals surface area contributed by atoms with E-state index >= 15 is 0 Å². The Morgan fingerprint density at radius 3 is 2.64 bits per heavy atom. The van der Waals surface area contributed by atoms with E-state index in [9.17, 15) is 14.0 Å². The normalized spacial score (nSPS) is 12.1. The number of carbonyl (C=O) groups excluding carboxylic acids is 2. The fourth-order valence-electron chi connectivity index (χ4n) is 4.10. The summed E-state index contributed by atoms with van der Waals surface area (Å²) in [5.41, 5.74) is 6.07. The van der Waals surface area contributed by atoms with Gasteiger partial charge in [-0.25, -0.2) is 14.1 Å². The first-order valence-electron chi connectivity index (χ1n) is 10.4. The minimum absolute atomic E-state index is 0.137. The number of hydrogen-bond acceptors (Lipinski definition) is 4. The lowest BCUT2D eigenvalue weighted by atomic mass is 9.88. The summed E-state index contributed by atoms with van der Waals surface area (Å²) in [4.78, 5) is 28.6. The van der Waals surface area contributed by atoms with Crippen molar-refractivity contribution in [2.45, 2.75) is 19.8 Å². The molecule has 4 aromatic rings. The second-order valence-electron chi connectivity index (χ2n) is 7.84. The van der Waals surface area contributed by atoms with Crippen LogP contribution >= 0.6 is 11.6 Å². The van der Waals surface area contributed by atoms with Crippen LogP contribution in [0.4, 0.5) is 10.1 Å². The number of amides is 1. The van der Waals surface area contributed by atoms with Crippen molar-refractivity contribution in [3.63, 3.8) is 0 Å². The van der Waals surface area contributed by atoms with Gasteiger partial charge in [-0.2, -0.15) is 5.10 Å². The number of aldehydes is 1. The second-order valence-corrected chi connectivity index (χ2v) is 8.19. The number of benzene rings is 2. The highest BCUT2D eigenvalue weighted by Crippen LogP contribution is 2.38. The molecule has 2 aromatic carbocycles. The Bertz CT molecular complexity index is 1410. The molecule has 0 bridgehead atoms. The van der Waals surface area contributed by atoms with E-state index < -0.39 is 0 Å². The second kappa shape index (κ2) is 8.26. The summed E-state index contributed by atoms with van der Waals surface area (Å²) < 4.78 is 15.1. The molecule has 0 unspecified atom stereocenters. The van der Waals surface area contributed by atoms with Crippen LogP contribution in [0.1, 0.15) is 37.7 Å². The number of hydrogen-bond donors (Lipinski definition) is 1. The zero-order valence-corrected chi connectivity index (χ0v) is 18.4. The number of anilines is 1. The third-order valence-corrected chi connectivity index (χ3v) is 5.99. The van der Waals surface area contributed by atoms with Crippen molar-refractivity contribution >= 4 is 29.5 Å². The monoisotopic (exact) mass is 460 g/mol. The van der Waals surface area contributed by atoms with Gasteiger partial charge in [0.05, 0.1) is 16.9 Å². The Morgan fingerprint density at radius 1 is 1.12 bits per heavy atom. The lowest BCUT2D eigenvalue weighted by molar-refractivity contribution is 0.102. The number of nitrogens with zero attached hydrogens (tertiary/aromatic N) is 3. The predicted octanol–water partition coefficient (Wildman–Crippen LogP) is 5.20. The van der Waals surface area contributed by atoms with E-state index in [-0.39, 0.29) is 22.4 Å². The number of nitrogens with one attached hydrogen (secondary N) is 1. The first-order chi connectivity index (χ1) is 15.9. The Labute approximate surface area is 194 Å². The van der Waals surface area contributed by atoms with Gasteiger partial charge in [-0.1, -0.05) is 17.7 Å². The molecule has 0 fully saturated rings. The van der Waals surface area contributed by atoms with Gasteiger partial charge in [0.2, 0.25) is 0 Å². The maximum Gasteiger partial charge on any atom is 0.258 e. The molecular formula is C25H18ClFN4O2. The van der Waals surface area contributed by atoms with Gasteiger partial charge in [-0.15, -0.1) is 0 Å². The largest absolute Gasteiger partial charge is 0.322 e. The van der Waals surface area contributed by atoms with Crippen molar-refractivity contribution in [2.75, 3.05) is 5.32 Å². The van der Waals surface area contributed by atoms with Crippen molar-refractivity contribution in [1.82, 2.24) is 14.8 Å². The highest BCUT2D eigenvalue weighted by molar-refractivity contribution is 6.33. The summed E-state index contributed by atoms with van der Waals surface area (Å²) in [5.74, 6) is -0.728. The van der Waals surface area contributed by atoms with Crippen LogP contribution in [0.15, 0.2) is 54.6 Å². The summed E-state index contributed by atoms with van der Waals surface area (Å²) in [5, 5.41) is 7.49. The smallest absolute Gasteiger partial charge is 0.258 e. The number of aryl methyl sites for hydroxylation is 2. The SMILES string of the molecule is Cc1ccc(C(=O)Nc2ccc3c(c2)-c2c(c(C=O)nn2-c2ccc(F)cc2)CC3)c(Cl)n1. The molecule has 1 N–H and O–H groups in total. The summed E-state index contributed by atoms with van der Waals surface area (Å²) in [6.07, 6.45) is 2.13. The average molecular weight is 461 g/mol. The molecule has 0 radical (unpaired) electrons. The van der Waals surface area contributed by atoms with E-state index in [1.165, 1.54) is 12.1 Å².